The second kappa shape index (κ2) is 8.88. The van der Waals surface area contributed by atoms with Crippen molar-refractivity contribution in [1.82, 2.24) is 20.1 Å². The first-order chi connectivity index (χ1) is 13.5. The third kappa shape index (κ3) is 4.26. The molecule has 3 aromatic rings. The molecule has 0 amide bonds. The highest BCUT2D eigenvalue weighted by atomic mass is 35.5. The number of pyridine rings is 1. The molecule has 8 heteroatoms. The molecular formula is C21H24ClF2N5. The van der Waals surface area contributed by atoms with Crippen LogP contribution in [0.15, 0.2) is 42.7 Å². The Balaban J connectivity index is 0.00000240. The minimum Gasteiger partial charge on any atom is -0.354 e. The van der Waals surface area contributed by atoms with Crippen molar-refractivity contribution in [3.8, 4) is 11.1 Å². The van der Waals surface area contributed by atoms with Gasteiger partial charge in [0.25, 0.3) is 0 Å². The highest BCUT2D eigenvalue weighted by molar-refractivity contribution is 5.85. The van der Waals surface area contributed by atoms with E-state index >= 15 is 0 Å². The summed E-state index contributed by atoms with van der Waals surface area (Å²) in [5, 5.41) is 7.12. The number of halogens is 3. The molecule has 29 heavy (non-hydrogen) atoms. The number of hydrogen-bond acceptors (Lipinski definition) is 4. The number of aryl methyl sites for hydroxylation is 1. The number of hydrogen-bond donors (Lipinski definition) is 1. The summed E-state index contributed by atoms with van der Waals surface area (Å²) in [6, 6.07) is 7.34. The maximum atomic E-state index is 14.3. The lowest BCUT2D eigenvalue weighted by Crippen LogP contribution is -2.47. The molecule has 0 bridgehead atoms. The zero-order valence-electron chi connectivity index (χ0n) is 16.4. The Bertz CT molecular complexity index is 969. The van der Waals surface area contributed by atoms with Crippen molar-refractivity contribution in [1.29, 1.82) is 0 Å². The lowest BCUT2D eigenvalue weighted by atomic mass is 10.0. The molecule has 154 valence electrons. The van der Waals surface area contributed by atoms with Crippen molar-refractivity contribution in [3.63, 3.8) is 0 Å². The summed E-state index contributed by atoms with van der Waals surface area (Å²) in [4.78, 5) is 9.03. The predicted octanol–water partition coefficient (Wildman–Crippen LogP) is 4.36. The predicted molar refractivity (Wildman–Crippen MR) is 112 cm³/mol. The summed E-state index contributed by atoms with van der Waals surface area (Å²) in [5.74, 6) is -0.211. The van der Waals surface area contributed by atoms with Gasteiger partial charge in [-0.05, 0) is 44.2 Å². The van der Waals surface area contributed by atoms with Crippen molar-refractivity contribution < 1.29 is 8.78 Å². The zero-order valence-corrected chi connectivity index (χ0v) is 17.2. The molecule has 4 rings (SSSR count). The molecule has 1 unspecified atom stereocenters. The van der Waals surface area contributed by atoms with Gasteiger partial charge < -0.3 is 4.90 Å². The van der Waals surface area contributed by atoms with E-state index in [2.05, 4.69) is 31.9 Å². The Morgan fingerprint density at radius 3 is 2.52 bits per heavy atom. The molecule has 1 N–H and O–H groups in total. The Morgan fingerprint density at radius 1 is 1.07 bits per heavy atom. The zero-order chi connectivity index (χ0) is 19.7. The van der Waals surface area contributed by atoms with Gasteiger partial charge in [0, 0.05) is 60.8 Å². The van der Waals surface area contributed by atoms with Gasteiger partial charge in [-0.1, -0.05) is 0 Å². The van der Waals surface area contributed by atoms with Gasteiger partial charge in [0.2, 0.25) is 0 Å². The number of piperazine rings is 1. The molecule has 1 aliphatic heterocycles. The number of aromatic amines is 1. The highest BCUT2D eigenvalue weighted by Crippen LogP contribution is 2.32. The molecule has 2 aromatic heterocycles. The fraction of sp³-hybridized carbons (Fsp3) is 0.333. The Labute approximate surface area is 175 Å². The molecule has 1 atom stereocenters. The van der Waals surface area contributed by atoms with Crippen LogP contribution in [0.3, 0.4) is 0 Å². The maximum Gasteiger partial charge on any atom is 0.136 e. The number of H-pyrrole nitrogens is 1. The first-order valence-corrected chi connectivity index (χ1v) is 9.44. The third-order valence-corrected chi connectivity index (χ3v) is 5.49. The van der Waals surface area contributed by atoms with E-state index in [9.17, 15) is 8.78 Å². The van der Waals surface area contributed by atoms with E-state index in [0.717, 1.165) is 44.0 Å². The van der Waals surface area contributed by atoms with Crippen LogP contribution in [0.1, 0.15) is 24.2 Å². The first-order valence-electron chi connectivity index (χ1n) is 9.44. The molecule has 0 saturated carbocycles. The van der Waals surface area contributed by atoms with Gasteiger partial charge in [0.05, 0.1) is 6.20 Å². The SMILES string of the molecule is Cc1[nH]ncc1C(C)N1CCN(c2ncccc2-c2cc(F)ccc2F)CC1.Cl. The van der Waals surface area contributed by atoms with E-state index in [-0.39, 0.29) is 24.0 Å². The summed E-state index contributed by atoms with van der Waals surface area (Å²) in [6.45, 7) is 7.45. The van der Waals surface area contributed by atoms with Crippen molar-refractivity contribution in [2.45, 2.75) is 19.9 Å². The van der Waals surface area contributed by atoms with Crippen molar-refractivity contribution in [2.24, 2.45) is 0 Å². The summed E-state index contributed by atoms with van der Waals surface area (Å²) in [5.41, 5.74) is 3.15. The van der Waals surface area contributed by atoms with Crippen LogP contribution in [-0.4, -0.2) is 46.3 Å². The summed E-state index contributed by atoms with van der Waals surface area (Å²) in [7, 11) is 0. The normalized spacial score (nSPS) is 15.8. The molecule has 5 nitrogen and oxygen atoms in total. The van der Waals surface area contributed by atoms with E-state index in [0.29, 0.717) is 11.4 Å². The van der Waals surface area contributed by atoms with Crippen LogP contribution in [0, 0.1) is 18.6 Å². The quantitative estimate of drug-likeness (QED) is 0.682. The number of aromatic nitrogens is 3. The van der Waals surface area contributed by atoms with Crippen molar-refractivity contribution in [3.05, 3.63) is 65.6 Å². The molecule has 0 aliphatic carbocycles. The number of nitrogens with one attached hydrogen (secondary N) is 1. The number of anilines is 1. The van der Waals surface area contributed by atoms with Crippen LogP contribution in [0.4, 0.5) is 14.6 Å². The minimum atomic E-state index is -0.458. The van der Waals surface area contributed by atoms with Crippen LogP contribution in [0.2, 0.25) is 0 Å². The summed E-state index contributed by atoms with van der Waals surface area (Å²) >= 11 is 0. The second-order valence-corrected chi connectivity index (χ2v) is 7.15. The standard InChI is InChI=1S/C21H23F2N5.ClH/c1-14-19(13-25-26-14)15(2)27-8-10-28(11-9-27)21-17(4-3-7-24-21)18-12-16(22)5-6-20(18)23;/h3-7,12-13,15H,8-11H2,1-2H3,(H,25,26);1H. The van der Waals surface area contributed by atoms with Crippen LogP contribution in [0.25, 0.3) is 11.1 Å². The number of benzene rings is 1. The van der Waals surface area contributed by atoms with Crippen LogP contribution in [0.5, 0.6) is 0 Å². The Kier molecular flexibility index (Phi) is 6.49. The fourth-order valence-corrected chi connectivity index (χ4v) is 3.86. The van der Waals surface area contributed by atoms with Gasteiger partial charge in [0.15, 0.2) is 0 Å². The number of rotatable bonds is 4. The maximum absolute atomic E-state index is 14.3. The summed E-state index contributed by atoms with van der Waals surface area (Å²) < 4.78 is 28.0. The molecule has 1 aliphatic rings. The van der Waals surface area contributed by atoms with Gasteiger partial charge in [-0.15, -0.1) is 12.4 Å². The minimum absolute atomic E-state index is 0. The van der Waals surface area contributed by atoms with Gasteiger partial charge in [-0.3, -0.25) is 10.00 Å². The molecule has 0 radical (unpaired) electrons. The average molecular weight is 420 g/mol. The first kappa shape index (κ1) is 21.2. The highest BCUT2D eigenvalue weighted by Gasteiger charge is 2.26. The lowest BCUT2D eigenvalue weighted by Gasteiger charge is -2.39. The van der Waals surface area contributed by atoms with Gasteiger partial charge in [0.1, 0.15) is 17.5 Å². The van der Waals surface area contributed by atoms with Crippen molar-refractivity contribution in [2.75, 3.05) is 31.1 Å². The molecular weight excluding hydrogens is 396 g/mol. The van der Waals surface area contributed by atoms with Crippen LogP contribution in [-0.2, 0) is 0 Å². The van der Waals surface area contributed by atoms with E-state index in [1.165, 1.54) is 11.6 Å². The number of nitrogens with zero attached hydrogens (tertiary/aromatic N) is 4. The fourth-order valence-electron chi connectivity index (χ4n) is 3.86. The van der Waals surface area contributed by atoms with Crippen LogP contribution >= 0.6 is 12.4 Å². The van der Waals surface area contributed by atoms with E-state index < -0.39 is 11.6 Å². The largest absolute Gasteiger partial charge is 0.354 e. The Morgan fingerprint density at radius 2 is 1.83 bits per heavy atom. The van der Waals surface area contributed by atoms with Gasteiger partial charge in [-0.25, -0.2) is 13.8 Å². The monoisotopic (exact) mass is 419 g/mol. The van der Waals surface area contributed by atoms with E-state index in [1.54, 1.807) is 18.3 Å². The molecule has 0 spiro atoms. The van der Waals surface area contributed by atoms with Gasteiger partial charge in [-0.2, -0.15) is 5.10 Å². The van der Waals surface area contributed by atoms with E-state index in [1.807, 2.05) is 13.1 Å². The Hall–Kier alpha value is -2.51. The molecule has 1 fully saturated rings. The second-order valence-electron chi connectivity index (χ2n) is 7.15. The molecule has 1 aromatic carbocycles. The van der Waals surface area contributed by atoms with Gasteiger partial charge >= 0.3 is 0 Å². The molecule has 1 saturated heterocycles. The smallest absolute Gasteiger partial charge is 0.136 e. The lowest BCUT2D eigenvalue weighted by molar-refractivity contribution is 0.198. The third-order valence-electron chi connectivity index (χ3n) is 5.49. The van der Waals surface area contributed by atoms with E-state index in [4.69, 9.17) is 0 Å². The van der Waals surface area contributed by atoms with Crippen LogP contribution < -0.4 is 4.90 Å². The molecule has 3 heterocycles. The van der Waals surface area contributed by atoms with Crippen molar-refractivity contribution >= 4 is 18.2 Å². The average Bonchev–Trinajstić information content (AvgIpc) is 3.15. The topological polar surface area (TPSA) is 48.1 Å². The summed E-state index contributed by atoms with van der Waals surface area (Å²) in [6.07, 6.45) is 3.58.